The first-order valence-corrected chi connectivity index (χ1v) is 6.73. The summed E-state index contributed by atoms with van der Waals surface area (Å²) in [6.07, 6.45) is 6.12. The molecule has 2 nitrogen and oxygen atoms in total. The highest BCUT2D eigenvalue weighted by Gasteiger charge is 2.29. The minimum atomic E-state index is -0.153. The third-order valence-electron chi connectivity index (χ3n) is 2.94. The van der Waals surface area contributed by atoms with E-state index in [1.54, 1.807) is 11.8 Å². The third kappa shape index (κ3) is 2.48. The normalized spacial score (nSPS) is 19.2. The molecule has 0 radical (unpaired) electrons. The first kappa shape index (κ1) is 12.1. The van der Waals surface area contributed by atoms with E-state index in [1.165, 1.54) is 4.90 Å². The Morgan fingerprint density at radius 2 is 2.41 bits per heavy atom. The Labute approximate surface area is 106 Å². The van der Waals surface area contributed by atoms with Crippen LogP contribution in [0.25, 0.3) is 0 Å². The molecule has 0 spiro atoms. The van der Waals surface area contributed by atoms with Crippen LogP contribution in [0.5, 0.6) is 0 Å². The molecule has 0 saturated heterocycles. The molecule has 1 aromatic rings. The molecule has 88 valence electrons. The molecule has 1 aliphatic heterocycles. The van der Waals surface area contributed by atoms with Gasteiger partial charge in [-0.1, -0.05) is 31.0 Å². The molecular weight excluding hydrogens is 230 g/mol. The molecule has 0 saturated carbocycles. The second-order valence-corrected chi connectivity index (χ2v) is 5.10. The average Bonchev–Trinajstić information content (AvgIpc) is 2.79. The van der Waals surface area contributed by atoms with Crippen molar-refractivity contribution in [3.05, 3.63) is 29.8 Å². The van der Waals surface area contributed by atoms with Crippen molar-refractivity contribution < 1.29 is 4.79 Å². The molecule has 2 atom stereocenters. The molecular formula is C14H15NOS. The molecule has 2 unspecified atom stereocenters. The van der Waals surface area contributed by atoms with E-state index in [2.05, 4.69) is 17.3 Å². The number of thioether (sulfide) groups is 1. The highest BCUT2D eigenvalue weighted by Crippen LogP contribution is 2.39. The van der Waals surface area contributed by atoms with Crippen LogP contribution in [0.3, 0.4) is 0 Å². The largest absolute Gasteiger partial charge is 0.342 e. The van der Waals surface area contributed by atoms with Crippen LogP contribution in [0.4, 0.5) is 0 Å². The Kier molecular flexibility index (Phi) is 3.75. The molecule has 0 bridgehead atoms. The van der Waals surface area contributed by atoms with E-state index < -0.39 is 0 Å². The number of benzene rings is 1. The second-order valence-electron chi connectivity index (χ2n) is 4.04. The topological polar surface area (TPSA) is 29.1 Å². The fraction of sp³-hybridized carbons (Fsp3) is 0.357. The lowest BCUT2D eigenvalue weighted by atomic mass is 10.00. The van der Waals surface area contributed by atoms with Crippen molar-refractivity contribution in [2.24, 2.45) is 0 Å². The number of fused-ring (bicyclic) bond motifs is 1. The van der Waals surface area contributed by atoms with Gasteiger partial charge in [-0.3, -0.25) is 4.79 Å². The number of nitrogens with one attached hydrogen (secondary N) is 1. The molecule has 1 amide bonds. The minimum absolute atomic E-state index is 0.0484. The standard InChI is InChI=1S/C14H15NOS/c1-3-10(4-2)15-14(16)12-9-17-13-8-6-5-7-11(12)13/h1,5-8,10,12H,4,9H2,2H3,(H,15,16). The smallest absolute Gasteiger partial charge is 0.229 e. The lowest BCUT2D eigenvalue weighted by Gasteiger charge is -2.15. The van der Waals surface area contributed by atoms with Gasteiger partial charge in [-0.25, -0.2) is 0 Å². The number of amides is 1. The minimum Gasteiger partial charge on any atom is -0.342 e. The van der Waals surface area contributed by atoms with E-state index in [4.69, 9.17) is 6.42 Å². The fourth-order valence-corrected chi connectivity index (χ4v) is 3.14. The van der Waals surface area contributed by atoms with Crippen LogP contribution >= 0.6 is 11.8 Å². The number of terminal acetylenes is 1. The summed E-state index contributed by atoms with van der Waals surface area (Å²) in [5, 5.41) is 2.91. The first-order valence-electron chi connectivity index (χ1n) is 5.74. The van der Waals surface area contributed by atoms with Crippen LogP contribution in [0.2, 0.25) is 0 Å². The van der Waals surface area contributed by atoms with Gasteiger partial charge in [0.1, 0.15) is 0 Å². The van der Waals surface area contributed by atoms with Crippen molar-refractivity contribution in [3.63, 3.8) is 0 Å². The van der Waals surface area contributed by atoms with Gasteiger partial charge >= 0.3 is 0 Å². The summed E-state index contributed by atoms with van der Waals surface area (Å²) in [5.74, 6) is 3.39. The van der Waals surface area contributed by atoms with Crippen molar-refractivity contribution in [1.29, 1.82) is 0 Å². The molecule has 3 heteroatoms. The number of hydrogen-bond donors (Lipinski definition) is 1. The van der Waals surface area contributed by atoms with E-state index in [9.17, 15) is 4.79 Å². The van der Waals surface area contributed by atoms with Crippen LogP contribution < -0.4 is 5.32 Å². The molecule has 0 fully saturated rings. The molecule has 1 aromatic carbocycles. The van der Waals surface area contributed by atoms with E-state index >= 15 is 0 Å². The maximum absolute atomic E-state index is 12.1. The van der Waals surface area contributed by atoms with E-state index in [0.29, 0.717) is 0 Å². The maximum Gasteiger partial charge on any atom is 0.229 e. The average molecular weight is 245 g/mol. The quantitative estimate of drug-likeness (QED) is 0.829. The molecule has 0 aromatic heterocycles. The monoisotopic (exact) mass is 245 g/mol. The number of hydrogen-bond acceptors (Lipinski definition) is 2. The van der Waals surface area contributed by atoms with Gasteiger partial charge in [0.25, 0.3) is 0 Å². The van der Waals surface area contributed by atoms with Crippen molar-refractivity contribution in [2.75, 3.05) is 5.75 Å². The molecule has 1 aliphatic rings. The van der Waals surface area contributed by atoms with Crippen LogP contribution in [0.15, 0.2) is 29.2 Å². The van der Waals surface area contributed by atoms with Gasteiger partial charge in [0, 0.05) is 10.6 Å². The summed E-state index contributed by atoms with van der Waals surface area (Å²) in [7, 11) is 0. The van der Waals surface area contributed by atoms with Gasteiger partial charge in [-0.05, 0) is 18.1 Å². The predicted octanol–water partition coefficient (Wildman–Crippen LogP) is 2.40. The molecule has 2 rings (SSSR count). The van der Waals surface area contributed by atoms with Crippen molar-refractivity contribution in [2.45, 2.75) is 30.2 Å². The Morgan fingerprint density at radius 3 is 3.12 bits per heavy atom. The fourth-order valence-electron chi connectivity index (χ4n) is 1.91. The SMILES string of the molecule is C#CC(CC)NC(=O)C1CSc2ccccc21. The molecule has 1 N–H and O–H groups in total. The first-order chi connectivity index (χ1) is 8.26. The Bertz CT molecular complexity index is 464. The van der Waals surface area contributed by atoms with Gasteiger partial charge in [-0.2, -0.15) is 0 Å². The summed E-state index contributed by atoms with van der Waals surface area (Å²) in [5.41, 5.74) is 1.13. The highest BCUT2D eigenvalue weighted by atomic mass is 32.2. The van der Waals surface area contributed by atoms with Crippen molar-refractivity contribution in [1.82, 2.24) is 5.32 Å². The van der Waals surface area contributed by atoms with E-state index in [-0.39, 0.29) is 17.9 Å². The Balaban J connectivity index is 2.10. The van der Waals surface area contributed by atoms with E-state index in [1.807, 2.05) is 25.1 Å². The summed E-state index contributed by atoms with van der Waals surface area (Å²) in [4.78, 5) is 13.3. The van der Waals surface area contributed by atoms with Gasteiger partial charge in [-0.15, -0.1) is 18.2 Å². The maximum atomic E-state index is 12.1. The van der Waals surface area contributed by atoms with Crippen LogP contribution in [-0.2, 0) is 4.79 Å². The zero-order chi connectivity index (χ0) is 12.3. The molecule has 17 heavy (non-hydrogen) atoms. The second kappa shape index (κ2) is 5.29. The summed E-state index contributed by atoms with van der Waals surface area (Å²) in [6.45, 7) is 1.97. The number of carbonyl (C=O) groups excluding carboxylic acids is 1. The Morgan fingerprint density at radius 1 is 1.65 bits per heavy atom. The summed E-state index contributed by atoms with van der Waals surface area (Å²) < 4.78 is 0. The van der Waals surface area contributed by atoms with Gasteiger partial charge in [0.05, 0.1) is 12.0 Å². The zero-order valence-corrected chi connectivity index (χ0v) is 10.6. The van der Waals surface area contributed by atoms with E-state index in [0.717, 1.165) is 17.7 Å². The van der Waals surface area contributed by atoms with Gasteiger partial charge in [0.2, 0.25) is 5.91 Å². The van der Waals surface area contributed by atoms with Crippen LogP contribution in [0.1, 0.15) is 24.8 Å². The molecule has 1 heterocycles. The van der Waals surface area contributed by atoms with Crippen molar-refractivity contribution >= 4 is 17.7 Å². The van der Waals surface area contributed by atoms with Crippen LogP contribution in [-0.4, -0.2) is 17.7 Å². The highest BCUT2D eigenvalue weighted by molar-refractivity contribution is 7.99. The molecule has 0 aliphatic carbocycles. The zero-order valence-electron chi connectivity index (χ0n) is 9.77. The number of rotatable bonds is 3. The lowest BCUT2D eigenvalue weighted by molar-refractivity contribution is -0.122. The summed E-state index contributed by atoms with van der Waals surface area (Å²) >= 11 is 1.73. The van der Waals surface area contributed by atoms with Crippen molar-refractivity contribution in [3.8, 4) is 12.3 Å². The summed E-state index contributed by atoms with van der Waals surface area (Å²) in [6, 6.07) is 7.91. The van der Waals surface area contributed by atoms with Crippen LogP contribution in [0, 0.1) is 12.3 Å². The Hall–Kier alpha value is -1.40. The third-order valence-corrected chi connectivity index (χ3v) is 4.13. The van der Waals surface area contributed by atoms with Gasteiger partial charge < -0.3 is 5.32 Å². The number of carbonyl (C=O) groups is 1. The lowest BCUT2D eigenvalue weighted by Crippen LogP contribution is -2.37. The van der Waals surface area contributed by atoms with Gasteiger partial charge in [0.15, 0.2) is 0 Å². The predicted molar refractivity (Wildman–Crippen MR) is 71.0 cm³/mol.